The molecule has 2 aliphatic rings. The van der Waals surface area contributed by atoms with Crippen LogP contribution >= 0.6 is 11.3 Å². The lowest BCUT2D eigenvalue weighted by Gasteiger charge is -2.31. The van der Waals surface area contributed by atoms with Gasteiger partial charge in [0.25, 0.3) is 10.1 Å². The van der Waals surface area contributed by atoms with E-state index < -0.39 is 15.7 Å². The van der Waals surface area contributed by atoms with Gasteiger partial charge in [-0.25, -0.2) is 14.8 Å². The van der Waals surface area contributed by atoms with Crippen molar-refractivity contribution < 1.29 is 22.1 Å². The molecule has 2 aromatic heterocycles. The minimum atomic E-state index is -3.49. The molecule has 1 atom stereocenters. The minimum absolute atomic E-state index is 0.0174. The quantitative estimate of drug-likeness (QED) is 0.577. The van der Waals surface area contributed by atoms with E-state index in [2.05, 4.69) is 20.6 Å². The van der Waals surface area contributed by atoms with Crippen LogP contribution in [0.4, 0.5) is 10.6 Å². The summed E-state index contributed by atoms with van der Waals surface area (Å²) >= 11 is 1.65. The first-order valence-electron chi connectivity index (χ1n) is 11.4. The van der Waals surface area contributed by atoms with E-state index in [1.54, 1.807) is 17.7 Å². The number of ether oxygens (including phenoxy) is 1. The van der Waals surface area contributed by atoms with Crippen molar-refractivity contribution in [3.63, 3.8) is 0 Å². The maximum atomic E-state index is 12.1. The molecule has 11 heteroatoms. The fraction of sp³-hybridized carbons (Fsp3) is 0.682. The smallest absolute Gasteiger partial charge is 0.407 e. The van der Waals surface area contributed by atoms with Crippen molar-refractivity contribution in [1.82, 2.24) is 15.3 Å². The predicted molar refractivity (Wildman–Crippen MR) is 128 cm³/mol. The molecule has 0 aromatic carbocycles. The summed E-state index contributed by atoms with van der Waals surface area (Å²) < 4.78 is 33.5. The van der Waals surface area contributed by atoms with Gasteiger partial charge in [0.05, 0.1) is 18.2 Å². The third-order valence-corrected chi connectivity index (χ3v) is 7.74. The third-order valence-electron chi connectivity index (χ3n) is 6.00. The number of anilines is 1. The Bertz CT molecular complexity index is 1120. The topological polar surface area (TPSA) is 120 Å². The van der Waals surface area contributed by atoms with Crippen LogP contribution in [0.15, 0.2) is 6.33 Å². The standard InChI is InChI=1S/C22H32N4O5S2/c1-22(2,3)31-21(27)26-15-8-6-14(7-9-15)25-19-18-17-13(11-30-33(4,28)29)5-10-16(17)32-20(18)24-12-23-19/h12-15H,5-11H2,1-4H3,(H,26,27)(H,23,24,25)/t13-,14-,15-/m1/s1. The number of nitrogens with one attached hydrogen (secondary N) is 2. The zero-order chi connectivity index (χ0) is 23.8. The average molecular weight is 497 g/mol. The van der Waals surface area contributed by atoms with E-state index in [0.29, 0.717) is 0 Å². The molecule has 0 unspecified atom stereocenters. The first kappa shape index (κ1) is 24.2. The third kappa shape index (κ3) is 6.13. The van der Waals surface area contributed by atoms with Gasteiger partial charge in [-0.1, -0.05) is 0 Å². The van der Waals surface area contributed by atoms with Crippen LogP contribution in [0.2, 0.25) is 0 Å². The van der Waals surface area contributed by atoms with Crippen molar-refractivity contribution in [2.24, 2.45) is 0 Å². The number of hydrogen-bond acceptors (Lipinski definition) is 9. The SMILES string of the molecule is CC(C)(C)OC(=O)N[C@H]1CC[C@H](Nc2ncnc3sc4c(c23)[C@@H](COS(C)(=O)=O)CC4)CC1. The van der Waals surface area contributed by atoms with Crippen molar-refractivity contribution in [2.45, 2.75) is 82.9 Å². The van der Waals surface area contributed by atoms with Gasteiger partial charge in [0.1, 0.15) is 22.6 Å². The molecular weight excluding hydrogens is 464 g/mol. The molecule has 2 heterocycles. The second-order valence-electron chi connectivity index (χ2n) is 9.90. The van der Waals surface area contributed by atoms with Crippen LogP contribution in [0.1, 0.15) is 69.2 Å². The number of hydrogen-bond donors (Lipinski definition) is 2. The maximum absolute atomic E-state index is 12.1. The summed E-state index contributed by atoms with van der Waals surface area (Å²) in [5, 5.41) is 7.56. The normalized spacial score (nSPS) is 23.3. The first-order valence-corrected chi connectivity index (χ1v) is 14.0. The van der Waals surface area contributed by atoms with E-state index >= 15 is 0 Å². The first-order chi connectivity index (χ1) is 15.5. The lowest BCUT2D eigenvalue weighted by molar-refractivity contribution is 0.0492. The number of fused-ring (bicyclic) bond motifs is 3. The number of carbonyl (C=O) groups excluding carboxylic acids is 1. The number of amides is 1. The van der Waals surface area contributed by atoms with Crippen LogP contribution in [-0.4, -0.2) is 55.0 Å². The zero-order valence-corrected chi connectivity index (χ0v) is 21.1. The Balaban J connectivity index is 1.42. The molecule has 1 fully saturated rings. The van der Waals surface area contributed by atoms with Crippen molar-refractivity contribution in [2.75, 3.05) is 18.2 Å². The average Bonchev–Trinajstić information content (AvgIpc) is 3.25. The van der Waals surface area contributed by atoms with Gasteiger partial charge in [-0.05, 0) is 64.9 Å². The summed E-state index contributed by atoms with van der Waals surface area (Å²) in [5.41, 5.74) is 0.619. The number of carbonyl (C=O) groups is 1. The summed E-state index contributed by atoms with van der Waals surface area (Å²) in [5.74, 6) is 0.816. The minimum Gasteiger partial charge on any atom is -0.444 e. The molecule has 4 rings (SSSR count). The van der Waals surface area contributed by atoms with E-state index in [4.69, 9.17) is 8.92 Å². The number of thiophene rings is 1. The van der Waals surface area contributed by atoms with Crippen LogP contribution in [-0.2, 0) is 25.5 Å². The summed E-state index contributed by atoms with van der Waals surface area (Å²) in [4.78, 5) is 23.2. The molecule has 0 bridgehead atoms. The Morgan fingerprint density at radius 2 is 1.85 bits per heavy atom. The maximum Gasteiger partial charge on any atom is 0.407 e. The molecule has 0 saturated heterocycles. The molecule has 9 nitrogen and oxygen atoms in total. The van der Waals surface area contributed by atoms with E-state index in [-0.39, 0.29) is 30.7 Å². The molecular formula is C22H32N4O5S2. The second-order valence-corrected chi connectivity index (χ2v) is 12.6. The molecule has 1 amide bonds. The fourth-order valence-corrected chi connectivity index (χ4v) is 6.25. The summed E-state index contributed by atoms with van der Waals surface area (Å²) in [6, 6.07) is 0.341. The molecule has 2 aliphatic carbocycles. The fourth-order valence-electron chi connectivity index (χ4n) is 4.60. The van der Waals surface area contributed by atoms with Crippen LogP contribution in [0.3, 0.4) is 0 Å². The van der Waals surface area contributed by atoms with Crippen molar-refractivity contribution in [3.05, 3.63) is 16.8 Å². The molecule has 0 spiro atoms. The van der Waals surface area contributed by atoms with Crippen LogP contribution < -0.4 is 10.6 Å². The number of alkyl carbamates (subject to hydrolysis) is 1. The molecule has 1 saturated carbocycles. The Morgan fingerprint density at radius 1 is 1.15 bits per heavy atom. The molecule has 2 N–H and O–H groups in total. The molecule has 33 heavy (non-hydrogen) atoms. The van der Waals surface area contributed by atoms with E-state index in [1.807, 2.05) is 20.8 Å². The van der Waals surface area contributed by atoms with Crippen molar-refractivity contribution >= 4 is 43.6 Å². The van der Waals surface area contributed by atoms with Crippen LogP contribution in [0.5, 0.6) is 0 Å². The predicted octanol–water partition coefficient (Wildman–Crippen LogP) is 3.95. The van der Waals surface area contributed by atoms with Gasteiger partial charge in [-0.3, -0.25) is 4.18 Å². The lowest BCUT2D eigenvalue weighted by Crippen LogP contribution is -2.42. The van der Waals surface area contributed by atoms with Gasteiger partial charge in [-0.2, -0.15) is 8.42 Å². The van der Waals surface area contributed by atoms with Crippen molar-refractivity contribution in [1.29, 1.82) is 0 Å². The molecule has 0 aliphatic heterocycles. The van der Waals surface area contributed by atoms with Gasteiger partial charge < -0.3 is 15.4 Å². The van der Waals surface area contributed by atoms with E-state index in [1.165, 1.54) is 4.88 Å². The highest BCUT2D eigenvalue weighted by atomic mass is 32.2. The number of rotatable bonds is 6. The molecule has 2 aromatic rings. The number of aromatic nitrogens is 2. The highest BCUT2D eigenvalue weighted by Crippen LogP contribution is 2.45. The van der Waals surface area contributed by atoms with Gasteiger partial charge >= 0.3 is 6.09 Å². The Hall–Kier alpha value is -1.98. The highest BCUT2D eigenvalue weighted by molar-refractivity contribution is 7.85. The zero-order valence-electron chi connectivity index (χ0n) is 19.5. The van der Waals surface area contributed by atoms with Crippen LogP contribution in [0.25, 0.3) is 10.2 Å². The molecule has 0 radical (unpaired) electrons. The van der Waals surface area contributed by atoms with E-state index in [9.17, 15) is 13.2 Å². The second kappa shape index (κ2) is 9.34. The van der Waals surface area contributed by atoms with Crippen LogP contribution in [0, 0.1) is 0 Å². The number of aryl methyl sites for hydroxylation is 1. The summed E-state index contributed by atoms with van der Waals surface area (Å²) in [6.07, 6.45) is 7.57. The van der Waals surface area contributed by atoms with E-state index in [0.717, 1.165) is 66.4 Å². The van der Waals surface area contributed by atoms with Gasteiger partial charge in [-0.15, -0.1) is 11.3 Å². The van der Waals surface area contributed by atoms with Gasteiger partial charge in [0.15, 0.2) is 0 Å². The van der Waals surface area contributed by atoms with Gasteiger partial charge in [0.2, 0.25) is 0 Å². The summed E-state index contributed by atoms with van der Waals surface area (Å²) in [6.45, 7) is 5.71. The Kier molecular flexibility index (Phi) is 6.84. The largest absolute Gasteiger partial charge is 0.444 e. The summed E-state index contributed by atoms with van der Waals surface area (Å²) in [7, 11) is -3.49. The highest BCUT2D eigenvalue weighted by Gasteiger charge is 2.32. The monoisotopic (exact) mass is 496 g/mol. The molecule has 182 valence electrons. The Labute approximate surface area is 198 Å². The lowest BCUT2D eigenvalue weighted by atomic mass is 9.91. The van der Waals surface area contributed by atoms with Crippen molar-refractivity contribution in [3.8, 4) is 0 Å². The van der Waals surface area contributed by atoms with Gasteiger partial charge in [0, 0.05) is 22.9 Å². The number of nitrogens with zero attached hydrogens (tertiary/aromatic N) is 2. The Morgan fingerprint density at radius 3 is 2.52 bits per heavy atom.